The van der Waals surface area contributed by atoms with Crippen molar-refractivity contribution in [3.05, 3.63) is 46.8 Å². The molecule has 0 aliphatic heterocycles. The number of amides is 1. The monoisotopic (exact) mass is 259 g/mol. The Morgan fingerprint density at radius 3 is 2.84 bits per heavy atom. The van der Waals surface area contributed by atoms with Crippen LogP contribution in [0.4, 0.5) is 5.69 Å². The van der Waals surface area contributed by atoms with Gasteiger partial charge in [-0.25, -0.2) is 0 Å². The molecule has 0 aliphatic rings. The third kappa shape index (κ3) is 3.00. The molecule has 1 aromatic carbocycles. The van der Waals surface area contributed by atoms with E-state index >= 15 is 0 Å². The summed E-state index contributed by atoms with van der Waals surface area (Å²) in [4.78, 5) is 12.0. The second kappa shape index (κ2) is 5.67. The van der Waals surface area contributed by atoms with Crippen molar-refractivity contribution >= 4 is 11.6 Å². The molecule has 2 rings (SSSR count). The molecule has 1 amide bonds. The van der Waals surface area contributed by atoms with Crippen LogP contribution in [0.15, 0.2) is 24.3 Å². The van der Waals surface area contributed by atoms with Gasteiger partial charge in [-0.3, -0.25) is 9.89 Å². The van der Waals surface area contributed by atoms with E-state index in [9.17, 15) is 4.79 Å². The summed E-state index contributed by atoms with van der Waals surface area (Å²) in [6.45, 7) is 3.84. The molecule has 0 fully saturated rings. The maximum Gasteiger partial charge on any atom is 0.276 e. The van der Waals surface area contributed by atoms with Crippen LogP contribution >= 0.6 is 0 Å². The van der Waals surface area contributed by atoms with Crippen LogP contribution in [0.5, 0.6) is 0 Å². The van der Waals surface area contributed by atoms with Crippen LogP contribution in [-0.2, 0) is 13.0 Å². The Morgan fingerprint density at radius 2 is 2.21 bits per heavy atom. The molecule has 19 heavy (non-hydrogen) atoms. The number of carbonyl (C=O) groups excluding carboxylic acids is 1. The van der Waals surface area contributed by atoms with Gasteiger partial charge in [0.25, 0.3) is 5.91 Å². The van der Waals surface area contributed by atoms with Crippen molar-refractivity contribution in [3.63, 3.8) is 0 Å². The summed E-state index contributed by atoms with van der Waals surface area (Å²) in [5.41, 5.74) is 3.68. The summed E-state index contributed by atoms with van der Waals surface area (Å²) in [6.07, 6.45) is 0.805. The SMILES string of the molecule is CCc1cc(C(=O)Nc2cc(CO)ccc2C)n[nH]1. The molecule has 0 aliphatic carbocycles. The molecule has 0 atom stereocenters. The minimum Gasteiger partial charge on any atom is -0.392 e. The third-order valence-corrected chi connectivity index (χ3v) is 2.98. The number of aromatic nitrogens is 2. The molecule has 2 aromatic rings. The fourth-order valence-electron chi connectivity index (χ4n) is 1.75. The van der Waals surface area contributed by atoms with Gasteiger partial charge >= 0.3 is 0 Å². The zero-order valence-corrected chi connectivity index (χ0v) is 11.0. The highest BCUT2D eigenvalue weighted by molar-refractivity contribution is 6.03. The fourth-order valence-corrected chi connectivity index (χ4v) is 1.75. The molecule has 0 radical (unpaired) electrons. The van der Waals surface area contributed by atoms with Crippen molar-refractivity contribution in [1.29, 1.82) is 0 Å². The minimum atomic E-state index is -0.255. The first-order chi connectivity index (χ1) is 9.13. The Kier molecular flexibility index (Phi) is 3.97. The molecule has 0 bridgehead atoms. The number of carbonyl (C=O) groups is 1. The average molecular weight is 259 g/mol. The lowest BCUT2D eigenvalue weighted by Crippen LogP contribution is -2.13. The first-order valence-corrected chi connectivity index (χ1v) is 6.20. The molecule has 5 nitrogen and oxygen atoms in total. The van der Waals surface area contributed by atoms with Crippen LogP contribution in [0.3, 0.4) is 0 Å². The van der Waals surface area contributed by atoms with Gasteiger partial charge in [0.1, 0.15) is 0 Å². The van der Waals surface area contributed by atoms with Crippen molar-refractivity contribution in [1.82, 2.24) is 10.2 Å². The summed E-state index contributed by atoms with van der Waals surface area (Å²) < 4.78 is 0. The fraction of sp³-hybridized carbons (Fsp3) is 0.286. The van der Waals surface area contributed by atoms with Crippen molar-refractivity contribution in [2.75, 3.05) is 5.32 Å². The van der Waals surface area contributed by atoms with Crippen LogP contribution < -0.4 is 5.32 Å². The molecule has 3 N–H and O–H groups in total. The average Bonchev–Trinajstić information content (AvgIpc) is 2.90. The molecular formula is C14H17N3O2. The van der Waals surface area contributed by atoms with Gasteiger partial charge in [0.05, 0.1) is 6.61 Å². The number of anilines is 1. The quantitative estimate of drug-likeness (QED) is 0.786. The second-order valence-electron chi connectivity index (χ2n) is 4.39. The molecular weight excluding hydrogens is 242 g/mol. The van der Waals surface area contributed by atoms with Crippen LogP contribution in [0.25, 0.3) is 0 Å². The minimum absolute atomic E-state index is 0.0501. The number of benzene rings is 1. The van der Waals surface area contributed by atoms with Crippen LogP contribution in [-0.4, -0.2) is 21.2 Å². The van der Waals surface area contributed by atoms with Crippen LogP contribution in [0.2, 0.25) is 0 Å². The number of aliphatic hydroxyl groups excluding tert-OH is 1. The Balaban J connectivity index is 2.18. The number of hydrogen-bond donors (Lipinski definition) is 3. The first kappa shape index (κ1) is 13.3. The summed E-state index contributed by atoms with van der Waals surface area (Å²) in [7, 11) is 0. The van der Waals surface area contributed by atoms with Crippen LogP contribution in [0, 0.1) is 6.92 Å². The molecule has 0 unspecified atom stereocenters. The van der Waals surface area contributed by atoms with Gasteiger partial charge in [-0.05, 0) is 36.6 Å². The summed E-state index contributed by atoms with van der Waals surface area (Å²) in [5, 5.41) is 18.7. The van der Waals surface area contributed by atoms with Gasteiger partial charge in [-0.2, -0.15) is 5.10 Å². The Bertz CT molecular complexity index is 590. The highest BCUT2D eigenvalue weighted by Crippen LogP contribution is 2.17. The van der Waals surface area contributed by atoms with Crippen molar-refractivity contribution in [3.8, 4) is 0 Å². The standard InChI is InChI=1S/C14H17N3O2/c1-3-11-7-13(17-16-11)14(19)15-12-6-10(8-18)5-4-9(12)2/h4-7,18H,3,8H2,1-2H3,(H,15,19)(H,16,17). The largest absolute Gasteiger partial charge is 0.392 e. The molecule has 0 saturated heterocycles. The molecule has 1 heterocycles. The van der Waals surface area contributed by atoms with E-state index in [0.717, 1.165) is 23.2 Å². The van der Waals surface area contributed by atoms with E-state index in [1.807, 2.05) is 26.0 Å². The lowest BCUT2D eigenvalue weighted by atomic mass is 10.1. The number of hydrogen-bond acceptors (Lipinski definition) is 3. The number of aromatic amines is 1. The number of rotatable bonds is 4. The number of H-pyrrole nitrogens is 1. The van der Waals surface area contributed by atoms with Crippen molar-refractivity contribution in [2.45, 2.75) is 26.9 Å². The van der Waals surface area contributed by atoms with E-state index in [0.29, 0.717) is 11.4 Å². The third-order valence-electron chi connectivity index (χ3n) is 2.98. The lowest BCUT2D eigenvalue weighted by Gasteiger charge is -2.08. The lowest BCUT2D eigenvalue weighted by molar-refractivity contribution is 0.102. The van der Waals surface area contributed by atoms with Gasteiger partial charge < -0.3 is 10.4 Å². The summed E-state index contributed by atoms with van der Waals surface area (Å²) >= 11 is 0. The molecule has 0 spiro atoms. The van der Waals surface area contributed by atoms with Gasteiger partial charge in [-0.15, -0.1) is 0 Å². The van der Waals surface area contributed by atoms with Gasteiger partial charge in [0, 0.05) is 11.4 Å². The van der Waals surface area contributed by atoms with E-state index in [1.165, 1.54) is 0 Å². The van der Waals surface area contributed by atoms with Crippen molar-refractivity contribution in [2.24, 2.45) is 0 Å². The van der Waals surface area contributed by atoms with Gasteiger partial charge in [-0.1, -0.05) is 19.1 Å². The summed E-state index contributed by atoms with van der Waals surface area (Å²) in [6, 6.07) is 7.19. The highest BCUT2D eigenvalue weighted by atomic mass is 16.3. The predicted octanol–water partition coefficient (Wildman–Crippen LogP) is 2.03. The topological polar surface area (TPSA) is 78.0 Å². The second-order valence-corrected chi connectivity index (χ2v) is 4.39. The maximum atomic E-state index is 12.0. The zero-order chi connectivity index (χ0) is 13.8. The Morgan fingerprint density at radius 1 is 1.42 bits per heavy atom. The number of nitrogens with one attached hydrogen (secondary N) is 2. The normalized spacial score (nSPS) is 10.5. The Hall–Kier alpha value is -2.14. The summed E-state index contributed by atoms with van der Waals surface area (Å²) in [5.74, 6) is -0.255. The predicted molar refractivity (Wildman–Crippen MR) is 73.0 cm³/mol. The van der Waals surface area contributed by atoms with E-state index in [2.05, 4.69) is 15.5 Å². The van der Waals surface area contributed by atoms with Gasteiger partial charge in [0.2, 0.25) is 0 Å². The van der Waals surface area contributed by atoms with E-state index < -0.39 is 0 Å². The van der Waals surface area contributed by atoms with E-state index in [-0.39, 0.29) is 12.5 Å². The van der Waals surface area contributed by atoms with E-state index in [4.69, 9.17) is 5.11 Å². The van der Waals surface area contributed by atoms with Crippen molar-refractivity contribution < 1.29 is 9.90 Å². The zero-order valence-electron chi connectivity index (χ0n) is 11.0. The first-order valence-electron chi connectivity index (χ1n) is 6.20. The number of aliphatic hydroxyl groups is 1. The Labute approximate surface area is 111 Å². The molecule has 1 aromatic heterocycles. The maximum absolute atomic E-state index is 12.0. The molecule has 100 valence electrons. The smallest absolute Gasteiger partial charge is 0.276 e. The highest BCUT2D eigenvalue weighted by Gasteiger charge is 2.11. The number of aryl methyl sites for hydroxylation is 2. The van der Waals surface area contributed by atoms with Crippen LogP contribution in [0.1, 0.15) is 34.2 Å². The van der Waals surface area contributed by atoms with E-state index in [1.54, 1.807) is 12.1 Å². The van der Waals surface area contributed by atoms with Gasteiger partial charge in [0.15, 0.2) is 5.69 Å². The number of nitrogens with zero attached hydrogens (tertiary/aromatic N) is 1. The molecule has 5 heteroatoms. The molecule has 0 saturated carbocycles.